The van der Waals surface area contributed by atoms with Crippen LogP contribution in [0.15, 0.2) is 0 Å². The van der Waals surface area contributed by atoms with E-state index in [0.29, 0.717) is 19.4 Å². The summed E-state index contributed by atoms with van der Waals surface area (Å²) in [5.74, 6) is -4.80. The standard InChI is InChI=1S/C20H37N5O8/c1-11(2)9-14(20(32)33)24-19(31)15(10-26)25-18(30)13(5-3-4-8-21)23-17(29)12(22)6-7-16(27)28/h11-15,26H,3-10,21-22H2,1-2H3,(H,23,29)(H,24,31)(H,25,30)(H,27,28)(H,32,33). The van der Waals surface area contributed by atoms with E-state index in [9.17, 15) is 34.2 Å². The minimum absolute atomic E-state index is 0.0268. The van der Waals surface area contributed by atoms with Crippen LogP contribution in [0.2, 0.25) is 0 Å². The van der Waals surface area contributed by atoms with Crippen molar-refractivity contribution in [1.82, 2.24) is 16.0 Å². The highest BCUT2D eigenvalue weighted by molar-refractivity contribution is 5.94. The van der Waals surface area contributed by atoms with Crippen LogP contribution in [0.3, 0.4) is 0 Å². The highest BCUT2D eigenvalue weighted by Gasteiger charge is 2.30. The molecule has 190 valence electrons. The zero-order chi connectivity index (χ0) is 25.6. The maximum absolute atomic E-state index is 12.7. The highest BCUT2D eigenvalue weighted by Crippen LogP contribution is 2.06. The summed E-state index contributed by atoms with van der Waals surface area (Å²) in [4.78, 5) is 59.5. The van der Waals surface area contributed by atoms with E-state index in [1.54, 1.807) is 13.8 Å². The first-order valence-electron chi connectivity index (χ1n) is 10.8. The third kappa shape index (κ3) is 12.7. The van der Waals surface area contributed by atoms with Crippen molar-refractivity contribution in [3.05, 3.63) is 0 Å². The lowest BCUT2D eigenvalue weighted by Crippen LogP contribution is -2.58. The first kappa shape index (κ1) is 30.2. The second-order valence-corrected chi connectivity index (χ2v) is 8.16. The molecule has 0 saturated carbocycles. The van der Waals surface area contributed by atoms with E-state index in [2.05, 4.69) is 16.0 Å². The summed E-state index contributed by atoms with van der Waals surface area (Å²) in [5, 5.41) is 34.6. The van der Waals surface area contributed by atoms with Gasteiger partial charge in [-0.2, -0.15) is 0 Å². The number of aliphatic hydroxyl groups excluding tert-OH is 1. The van der Waals surface area contributed by atoms with Gasteiger partial charge in [-0.05, 0) is 44.6 Å². The van der Waals surface area contributed by atoms with Crippen molar-refractivity contribution >= 4 is 29.7 Å². The van der Waals surface area contributed by atoms with Gasteiger partial charge in [0, 0.05) is 6.42 Å². The largest absolute Gasteiger partial charge is 0.481 e. The molecule has 0 aliphatic carbocycles. The van der Waals surface area contributed by atoms with Crippen LogP contribution in [0.25, 0.3) is 0 Å². The van der Waals surface area contributed by atoms with Crippen molar-refractivity contribution in [3.8, 4) is 0 Å². The molecule has 4 atom stereocenters. The number of nitrogens with two attached hydrogens (primary N) is 2. The van der Waals surface area contributed by atoms with E-state index in [-0.39, 0.29) is 31.6 Å². The Morgan fingerprint density at radius 1 is 0.818 bits per heavy atom. The molecular formula is C20H37N5O8. The number of carbonyl (C=O) groups excluding carboxylic acids is 3. The number of aliphatic hydroxyl groups is 1. The molecule has 0 aromatic rings. The van der Waals surface area contributed by atoms with Crippen LogP contribution in [-0.2, 0) is 24.0 Å². The van der Waals surface area contributed by atoms with Gasteiger partial charge < -0.3 is 42.7 Å². The van der Waals surface area contributed by atoms with Gasteiger partial charge in [0.25, 0.3) is 0 Å². The molecule has 0 radical (unpaired) electrons. The highest BCUT2D eigenvalue weighted by atomic mass is 16.4. The summed E-state index contributed by atoms with van der Waals surface area (Å²) in [6.07, 6.45) is 0.873. The van der Waals surface area contributed by atoms with Gasteiger partial charge in [0.2, 0.25) is 17.7 Å². The van der Waals surface area contributed by atoms with Gasteiger partial charge in [-0.1, -0.05) is 13.8 Å². The summed E-state index contributed by atoms with van der Waals surface area (Å²) in [7, 11) is 0. The Morgan fingerprint density at radius 3 is 1.85 bits per heavy atom. The minimum atomic E-state index is -1.44. The van der Waals surface area contributed by atoms with Crippen molar-refractivity contribution in [2.24, 2.45) is 17.4 Å². The average molecular weight is 476 g/mol. The number of nitrogens with one attached hydrogen (secondary N) is 3. The normalized spacial score (nSPS) is 14.6. The first-order valence-corrected chi connectivity index (χ1v) is 10.8. The van der Waals surface area contributed by atoms with Crippen molar-refractivity contribution in [3.63, 3.8) is 0 Å². The van der Waals surface area contributed by atoms with E-state index < -0.39 is 60.4 Å². The summed E-state index contributed by atoms with van der Waals surface area (Å²) in [6, 6.07) is -4.92. The monoisotopic (exact) mass is 475 g/mol. The number of carboxylic acid groups (broad SMARTS) is 2. The Labute approximate surface area is 192 Å². The van der Waals surface area contributed by atoms with E-state index in [1.165, 1.54) is 0 Å². The van der Waals surface area contributed by atoms with Crippen LogP contribution in [0.5, 0.6) is 0 Å². The molecule has 0 saturated heterocycles. The molecule has 0 bridgehead atoms. The van der Waals surface area contributed by atoms with E-state index >= 15 is 0 Å². The fraction of sp³-hybridized carbons (Fsp3) is 0.750. The lowest BCUT2D eigenvalue weighted by molar-refractivity contribution is -0.143. The van der Waals surface area contributed by atoms with Crippen molar-refractivity contribution in [2.75, 3.05) is 13.2 Å². The summed E-state index contributed by atoms with van der Waals surface area (Å²) >= 11 is 0. The van der Waals surface area contributed by atoms with Crippen molar-refractivity contribution in [2.45, 2.75) is 76.5 Å². The maximum Gasteiger partial charge on any atom is 0.326 e. The Kier molecular flexibility index (Phi) is 14.6. The first-order chi connectivity index (χ1) is 15.4. The van der Waals surface area contributed by atoms with Crippen LogP contribution in [0, 0.1) is 5.92 Å². The fourth-order valence-corrected chi connectivity index (χ4v) is 2.88. The lowest BCUT2D eigenvalue weighted by atomic mass is 10.0. The average Bonchev–Trinajstić information content (AvgIpc) is 2.73. The SMILES string of the molecule is CC(C)CC(NC(=O)C(CO)NC(=O)C(CCCCN)NC(=O)C(N)CCC(=O)O)C(=O)O. The summed E-state index contributed by atoms with van der Waals surface area (Å²) in [6.45, 7) is 3.12. The predicted octanol–water partition coefficient (Wildman–Crippen LogP) is -2.12. The maximum atomic E-state index is 12.7. The zero-order valence-corrected chi connectivity index (χ0v) is 19.1. The van der Waals surface area contributed by atoms with Gasteiger partial charge in [-0.25, -0.2) is 4.79 Å². The Balaban J connectivity index is 5.23. The number of carbonyl (C=O) groups is 5. The third-order valence-corrected chi connectivity index (χ3v) is 4.72. The number of hydrogen-bond acceptors (Lipinski definition) is 8. The number of hydrogen-bond donors (Lipinski definition) is 8. The number of rotatable bonds is 17. The van der Waals surface area contributed by atoms with Crippen LogP contribution in [0.4, 0.5) is 0 Å². The molecule has 0 rings (SSSR count). The molecule has 0 aliphatic rings. The second kappa shape index (κ2) is 15.9. The molecule has 33 heavy (non-hydrogen) atoms. The number of aliphatic carboxylic acids is 2. The van der Waals surface area contributed by atoms with Gasteiger partial charge in [-0.3, -0.25) is 19.2 Å². The summed E-state index contributed by atoms with van der Waals surface area (Å²) < 4.78 is 0. The zero-order valence-electron chi connectivity index (χ0n) is 19.1. The van der Waals surface area contributed by atoms with Gasteiger partial charge in [0.1, 0.15) is 18.1 Å². The van der Waals surface area contributed by atoms with Gasteiger partial charge >= 0.3 is 11.9 Å². The Hall–Kier alpha value is -2.77. The second-order valence-electron chi connectivity index (χ2n) is 8.16. The van der Waals surface area contributed by atoms with Crippen molar-refractivity contribution < 1.29 is 39.3 Å². The van der Waals surface area contributed by atoms with E-state index in [4.69, 9.17) is 16.6 Å². The fourth-order valence-electron chi connectivity index (χ4n) is 2.88. The quantitative estimate of drug-likeness (QED) is 0.106. The number of carboxylic acids is 2. The van der Waals surface area contributed by atoms with Crippen LogP contribution in [-0.4, -0.2) is 82.3 Å². The molecule has 4 unspecified atom stereocenters. The third-order valence-electron chi connectivity index (χ3n) is 4.72. The van der Waals surface area contributed by atoms with Gasteiger partial charge in [0.15, 0.2) is 0 Å². The molecular weight excluding hydrogens is 438 g/mol. The number of unbranched alkanes of at least 4 members (excludes halogenated alkanes) is 1. The molecule has 0 aliphatic heterocycles. The molecule has 10 N–H and O–H groups in total. The van der Waals surface area contributed by atoms with Crippen LogP contribution < -0.4 is 27.4 Å². The molecule has 3 amide bonds. The molecule has 0 spiro atoms. The van der Waals surface area contributed by atoms with Crippen LogP contribution >= 0.6 is 0 Å². The molecule has 0 aromatic carbocycles. The van der Waals surface area contributed by atoms with Crippen molar-refractivity contribution in [1.29, 1.82) is 0 Å². The molecule has 0 fully saturated rings. The van der Waals surface area contributed by atoms with Gasteiger partial charge in [0.05, 0.1) is 12.6 Å². The number of amides is 3. The topological polar surface area (TPSA) is 234 Å². The van der Waals surface area contributed by atoms with E-state index in [0.717, 1.165) is 0 Å². The summed E-state index contributed by atoms with van der Waals surface area (Å²) in [5.41, 5.74) is 11.1. The molecule has 13 nitrogen and oxygen atoms in total. The van der Waals surface area contributed by atoms with Gasteiger partial charge in [-0.15, -0.1) is 0 Å². The lowest BCUT2D eigenvalue weighted by Gasteiger charge is -2.24. The molecule has 13 heteroatoms. The van der Waals surface area contributed by atoms with E-state index in [1.807, 2.05) is 0 Å². The Bertz CT molecular complexity index is 673. The smallest absolute Gasteiger partial charge is 0.326 e. The Morgan fingerprint density at radius 2 is 1.36 bits per heavy atom. The predicted molar refractivity (Wildman–Crippen MR) is 118 cm³/mol. The van der Waals surface area contributed by atoms with Crippen LogP contribution in [0.1, 0.15) is 52.4 Å². The molecule has 0 heterocycles. The minimum Gasteiger partial charge on any atom is -0.481 e. The molecule has 0 aromatic heterocycles.